The molecule has 0 bridgehead atoms. The molecule has 1 aliphatic heterocycles. The van der Waals surface area contributed by atoms with Crippen LogP contribution in [0.4, 0.5) is 10.5 Å². The highest BCUT2D eigenvalue weighted by molar-refractivity contribution is 5.94. The summed E-state index contributed by atoms with van der Waals surface area (Å²) in [5, 5.41) is 11.8. The summed E-state index contributed by atoms with van der Waals surface area (Å²) in [5.41, 5.74) is 1.48. The van der Waals surface area contributed by atoms with Crippen LogP contribution >= 0.6 is 0 Å². The molecule has 0 saturated carbocycles. The number of carbonyl (C=O) groups is 2. The highest BCUT2D eigenvalue weighted by Crippen LogP contribution is 2.43. The summed E-state index contributed by atoms with van der Waals surface area (Å²) in [4.78, 5) is 26.9. The maximum Gasteiger partial charge on any atom is 0.224 e. The van der Waals surface area contributed by atoms with Crippen LogP contribution in [-0.2, 0) is 4.79 Å². The second-order valence-corrected chi connectivity index (χ2v) is 7.21. The third-order valence-electron chi connectivity index (χ3n) is 4.39. The first-order chi connectivity index (χ1) is 11.1. The van der Waals surface area contributed by atoms with Gasteiger partial charge in [0.15, 0.2) is 0 Å². The van der Waals surface area contributed by atoms with E-state index in [0.717, 1.165) is 5.56 Å². The van der Waals surface area contributed by atoms with Crippen LogP contribution in [0, 0.1) is 12.3 Å². The lowest BCUT2D eigenvalue weighted by molar-refractivity contribution is -0.274. The van der Waals surface area contributed by atoms with Gasteiger partial charge in [0.1, 0.15) is 6.09 Å². The largest absolute Gasteiger partial charge is 0.530 e. The number of fused-ring (bicyclic) bond motifs is 1. The molecule has 0 radical (unpaired) electrons. The summed E-state index contributed by atoms with van der Waals surface area (Å²) in [6, 6.07) is 4.82. The van der Waals surface area contributed by atoms with Gasteiger partial charge in [-0.15, -0.1) is 6.42 Å². The highest BCUT2D eigenvalue weighted by Gasteiger charge is 2.39. The summed E-state index contributed by atoms with van der Waals surface area (Å²) < 4.78 is 0. The molecular weight excluding hydrogens is 304 g/mol. The van der Waals surface area contributed by atoms with Crippen LogP contribution in [0.15, 0.2) is 18.2 Å². The van der Waals surface area contributed by atoms with E-state index in [0.29, 0.717) is 17.7 Å². The van der Waals surface area contributed by atoms with E-state index in [1.54, 1.807) is 23.1 Å². The summed E-state index contributed by atoms with van der Waals surface area (Å²) in [6.07, 6.45) is 4.76. The standard InChI is InChI=1S/C19H24N2O3/c1-7-14-8-9-16-15(11-14)17(10-12(2)20(16)13(3)22)21(18(23)24)19(4,5)6/h1,8-9,11-12,17H,10H2,2-6H3,(H,23,24)/p-1/t12-,17+/m0/s1. The molecule has 1 aliphatic rings. The molecule has 128 valence electrons. The molecule has 1 aromatic rings. The van der Waals surface area contributed by atoms with Crippen LogP contribution in [0.2, 0.25) is 0 Å². The lowest BCUT2D eigenvalue weighted by Crippen LogP contribution is -2.56. The number of amides is 2. The second-order valence-electron chi connectivity index (χ2n) is 7.21. The normalized spacial score (nSPS) is 20.1. The van der Waals surface area contributed by atoms with Gasteiger partial charge in [0.05, 0.1) is 6.04 Å². The molecule has 0 aliphatic carbocycles. The van der Waals surface area contributed by atoms with Crippen molar-refractivity contribution >= 4 is 17.7 Å². The predicted octanol–water partition coefficient (Wildman–Crippen LogP) is 2.30. The average molecular weight is 327 g/mol. The monoisotopic (exact) mass is 327 g/mol. The molecule has 24 heavy (non-hydrogen) atoms. The predicted molar refractivity (Wildman–Crippen MR) is 91.3 cm³/mol. The highest BCUT2D eigenvalue weighted by atomic mass is 16.4. The zero-order chi connectivity index (χ0) is 18.2. The number of benzene rings is 1. The lowest BCUT2D eigenvalue weighted by atomic mass is 9.87. The van der Waals surface area contributed by atoms with Crippen molar-refractivity contribution < 1.29 is 14.7 Å². The fraction of sp³-hybridized carbons (Fsp3) is 0.474. The van der Waals surface area contributed by atoms with Crippen LogP contribution in [-0.4, -0.2) is 28.5 Å². The number of carboxylic acid groups (broad SMARTS) is 1. The van der Waals surface area contributed by atoms with Crippen LogP contribution in [0.25, 0.3) is 0 Å². The quantitative estimate of drug-likeness (QED) is 0.744. The van der Waals surface area contributed by atoms with Crippen molar-refractivity contribution in [3.05, 3.63) is 29.3 Å². The molecule has 5 nitrogen and oxygen atoms in total. The maximum absolute atomic E-state index is 12.1. The third kappa shape index (κ3) is 3.09. The van der Waals surface area contributed by atoms with Gasteiger partial charge in [0.2, 0.25) is 5.91 Å². The Kier molecular flexibility index (Phi) is 4.61. The lowest BCUT2D eigenvalue weighted by Gasteiger charge is -2.49. The molecule has 2 atom stereocenters. The van der Waals surface area contributed by atoms with E-state index in [9.17, 15) is 14.7 Å². The third-order valence-corrected chi connectivity index (χ3v) is 4.39. The first-order valence-corrected chi connectivity index (χ1v) is 7.98. The number of anilines is 1. The number of nitrogens with zero attached hydrogens (tertiary/aromatic N) is 2. The molecule has 0 fully saturated rings. The van der Waals surface area contributed by atoms with Crippen LogP contribution in [0.5, 0.6) is 0 Å². The van der Waals surface area contributed by atoms with E-state index in [-0.39, 0.29) is 11.9 Å². The molecule has 0 aromatic heterocycles. The average Bonchev–Trinajstić information content (AvgIpc) is 2.44. The van der Waals surface area contributed by atoms with E-state index < -0.39 is 17.7 Å². The van der Waals surface area contributed by atoms with Crippen molar-refractivity contribution in [2.75, 3.05) is 4.90 Å². The Balaban J connectivity index is 2.67. The van der Waals surface area contributed by atoms with Gasteiger partial charge in [-0.2, -0.15) is 0 Å². The number of carbonyl (C=O) groups excluding carboxylic acids is 2. The van der Waals surface area contributed by atoms with Gasteiger partial charge in [0.25, 0.3) is 0 Å². The molecule has 0 N–H and O–H groups in total. The summed E-state index contributed by atoms with van der Waals surface area (Å²) in [5.74, 6) is 2.50. The Morgan fingerprint density at radius 1 is 1.38 bits per heavy atom. The summed E-state index contributed by atoms with van der Waals surface area (Å²) in [7, 11) is 0. The number of terminal acetylenes is 1. The van der Waals surface area contributed by atoms with Crippen LogP contribution in [0.3, 0.4) is 0 Å². The summed E-state index contributed by atoms with van der Waals surface area (Å²) >= 11 is 0. The Hall–Kier alpha value is -2.48. The Morgan fingerprint density at radius 3 is 2.46 bits per heavy atom. The van der Waals surface area contributed by atoms with E-state index in [1.165, 1.54) is 11.8 Å². The number of hydrogen-bond acceptors (Lipinski definition) is 3. The molecule has 2 rings (SSSR count). The fourth-order valence-electron chi connectivity index (χ4n) is 3.52. The Morgan fingerprint density at radius 2 is 2.00 bits per heavy atom. The van der Waals surface area contributed by atoms with E-state index in [1.807, 2.05) is 27.7 Å². The molecule has 5 heteroatoms. The van der Waals surface area contributed by atoms with Gasteiger partial charge in [-0.25, -0.2) is 0 Å². The van der Waals surface area contributed by atoms with Crippen molar-refractivity contribution in [2.45, 2.75) is 58.7 Å². The van der Waals surface area contributed by atoms with Crippen molar-refractivity contribution in [1.82, 2.24) is 4.90 Å². The van der Waals surface area contributed by atoms with Gasteiger partial charge in [-0.1, -0.05) is 5.92 Å². The zero-order valence-corrected chi connectivity index (χ0v) is 14.8. The van der Waals surface area contributed by atoms with E-state index in [2.05, 4.69) is 5.92 Å². The van der Waals surface area contributed by atoms with Crippen molar-refractivity contribution in [2.24, 2.45) is 0 Å². The van der Waals surface area contributed by atoms with Gasteiger partial charge in [-0.3, -0.25) is 4.79 Å². The molecule has 2 amide bonds. The SMILES string of the molecule is C#Cc1ccc2c(c1)[C@H](N(C(=O)[O-])C(C)(C)C)C[C@H](C)N2C(C)=O. The second kappa shape index (κ2) is 6.20. The van der Waals surface area contributed by atoms with Crippen LogP contribution in [0.1, 0.15) is 58.2 Å². The van der Waals surface area contributed by atoms with Gasteiger partial charge < -0.3 is 19.7 Å². The van der Waals surface area contributed by atoms with Crippen molar-refractivity contribution in [3.8, 4) is 12.3 Å². The minimum atomic E-state index is -1.23. The van der Waals surface area contributed by atoms with Crippen molar-refractivity contribution in [3.63, 3.8) is 0 Å². The molecule has 1 heterocycles. The zero-order valence-electron chi connectivity index (χ0n) is 14.8. The molecule has 0 saturated heterocycles. The first-order valence-electron chi connectivity index (χ1n) is 7.98. The van der Waals surface area contributed by atoms with Crippen molar-refractivity contribution in [1.29, 1.82) is 0 Å². The maximum atomic E-state index is 12.1. The van der Waals surface area contributed by atoms with E-state index in [4.69, 9.17) is 6.42 Å². The van der Waals surface area contributed by atoms with Gasteiger partial charge in [0, 0.05) is 29.8 Å². The topological polar surface area (TPSA) is 63.7 Å². The van der Waals surface area contributed by atoms with Gasteiger partial charge >= 0.3 is 0 Å². The minimum absolute atomic E-state index is 0.0774. The Bertz CT molecular complexity index is 712. The van der Waals surface area contributed by atoms with Crippen LogP contribution < -0.4 is 10.0 Å². The molecule has 1 aromatic carbocycles. The Labute approximate surface area is 143 Å². The minimum Gasteiger partial charge on any atom is -0.530 e. The number of rotatable bonds is 1. The first kappa shape index (κ1) is 17.9. The molecule has 0 unspecified atom stereocenters. The molecule has 0 spiro atoms. The van der Waals surface area contributed by atoms with E-state index >= 15 is 0 Å². The summed E-state index contributed by atoms with van der Waals surface area (Å²) in [6.45, 7) is 8.92. The fourth-order valence-corrected chi connectivity index (χ4v) is 3.52. The smallest absolute Gasteiger partial charge is 0.224 e. The number of hydrogen-bond donors (Lipinski definition) is 0. The van der Waals surface area contributed by atoms with Gasteiger partial charge in [-0.05, 0) is 57.9 Å². The molecular formula is C19H23N2O3-.